The number of carbonyl (C=O) groups excluding carboxylic acids is 1. The van der Waals surface area contributed by atoms with Crippen LogP contribution in [0.15, 0.2) is 109 Å². The number of aliphatic hydroxyl groups excluding tert-OH is 1. The van der Waals surface area contributed by atoms with Crippen LogP contribution in [0.3, 0.4) is 0 Å². The standard InChI is InChI=1S/C33H34N2O7Si/c1-23(32(37)43(33(2,3)4,28-11-7-5-8-12-28)29-13-9-6-10-14-29)30(24-15-19-26(20-16-24)34(38)39)42-31(36)25-17-21-27(22-18-25)35(40)41/h5-23,30,32,37H,1-4H3/t23-,30+,32-/m0/s1. The van der Waals surface area contributed by atoms with Crippen LogP contribution in [0.2, 0.25) is 5.04 Å². The highest BCUT2D eigenvalue weighted by atomic mass is 28.3. The van der Waals surface area contributed by atoms with Gasteiger partial charge in [0.25, 0.3) is 11.4 Å². The summed E-state index contributed by atoms with van der Waals surface area (Å²) in [7, 11) is -3.11. The number of esters is 1. The number of nitro benzene ring substituents is 2. The Labute approximate surface area is 251 Å². The van der Waals surface area contributed by atoms with Gasteiger partial charge in [0.2, 0.25) is 0 Å². The van der Waals surface area contributed by atoms with Crippen molar-refractivity contribution in [3.05, 3.63) is 141 Å². The largest absolute Gasteiger partial charge is 0.454 e. The Morgan fingerprint density at radius 2 is 1.16 bits per heavy atom. The molecule has 0 aliphatic rings. The van der Waals surface area contributed by atoms with E-state index in [0.29, 0.717) is 5.56 Å². The zero-order chi connectivity index (χ0) is 31.4. The molecule has 43 heavy (non-hydrogen) atoms. The summed E-state index contributed by atoms with van der Waals surface area (Å²) in [4.78, 5) is 34.8. The van der Waals surface area contributed by atoms with Gasteiger partial charge in [0.15, 0.2) is 8.07 Å². The second-order valence-electron chi connectivity index (χ2n) is 11.6. The molecule has 10 heteroatoms. The number of aliphatic hydroxyl groups is 1. The molecule has 0 aliphatic carbocycles. The molecule has 0 fully saturated rings. The number of nitro groups is 2. The number of nitrogens with zero attached hydrogens (tertiary/aromatic N) is 2. The molecular weight excluding hydrogens is 564 g/mol. The van der Waals surface area contributed by atoms with Crippen molar-refractivity contribution in [1.29, 1.82) is 0 Å². The summed E-state index contributed by atoms with van der Waals surface area (Å²) in [6, 6.07) is 30.6. The molecule has 0 saturated carbocycles. The van der Waals surface area contributed by atoms with Gasteiger partial charge in [-0.25, -0.2) is 4.79 Å². The lowest BCUT2D eigenvalue weighted by atomic mass is 9.97. The highest BCUT2D eigenvalue weighted by molar-refractivity contribution is 7.05. The maximum Gasteiger partial charge on any atom is 0.338 e. The third-order valence-electron chi connectivity index (χ3n) is 8.04. The topological polar surface area (TPSA) is 133 Å². The Morgan fingerprint density at radius 1 is 0.744 bits per heavy atom. The summed E-state index contributed by atoms with van der Waals surface area (Å²) in [6.45, 7) is 8.15. The molecule has 0 amide bonds. The minimum Gasteiger partial charge on any atom is -0.454 e. The van der Waals surface area contributed by atoms with Crippen LogP contribution in [0.1, 0.15) is 49.7 Å². The van der Waals surface area contributed by atoms with Crippen LogP contribution in [0.5, 0.6) is 0 Å². The van der Waals surface area contributed by atoms with Crippen LogP contribution in [0.4, 0.5) is 11.4 Å². The van der Waals surface area contributed by atoms with Gasteiger partial charge in [-0.1, -0.05) is 98.7 Å². The highest BCUT2D eigenvalue weighted by Gasteiger charge is 2.55. The SMILES string of the molecule is C[C@H]([C@@H](O)[Si](c1ccccc1)(c1ccccc1)C(C)(C)C)[C@@H](OC(=O)c1ccc([N+](=O)[O-])cc1)c1ccc([N+](=O)[O-])cc1. The fourth-order valence-corrected chi connectivity index (χ4v) is 12.0. The normalized spacial score (nSPS) is 13.9. The molecule has 0 aliphatic heterocycles. The lowest BCUT2D eigenvalue weighted by molar-refractivity contribution is -0.385. The average molecular weight is 599 g/mol. The predicted molar refractivity (Wildman–Crippen MR) is 167 cm³/mol. The van der Waals surface area contributed by atoms with Crippen molar-refractivity contribution in [2.24, 2.45) is 5.92 Å². The van der Waals surface area contributed by atoms with Gasteiger partial charge in [0.1, 0.15) is 6.10 Å². The van der Waals surface area contributed by atoms with Crippen molar-refractivity contribution >= 4 is 35.8 Å². The van der Waals surface area contributed by atoms with Crippen molar-refractivity contribution in [1.82, 2.24) is 0 Å². The van der Waals surface area contributed by atoms with E-state index in [1.54, 1.807) is 0 Å². The van der Waals surface area contributed by atoms with Crippen LogP contribution in [-0.4, -0.2) is 34.7 Å². The van der Waals surface area contributed by atoms with Gasteiger partial charge < -0.3 is 9.84 Å². The molecule has 0 saturated heterocycles. The lowest BCUT2D eigenvalue weighted by Gasteiger charge is -2.49. The molecule has 0 bridgehead atoms. The molecule has 0 spiro atoms. The van der Waals surface area contributed by atoms with Crippen molar-refractivity contribution in [3.63, 3.8) is 0 Å². The Bertz CT molecular complexity index is 1530. The number of ether oxygens (including phenoxy) is 1. The van der Waals surface area contributed by atoms with Crippen molar-refractivity contribution in [3.8, 4) is 0 Å². The maximum atomic E-state index is 13.4. The lowest BCUT2D eigenvalue weighted by Crippen LogP contribution is -2.73. The molecule has 0 radical (unpaired) electrons. The van der Waals surface area contributed by atoms with Gasteiger partial charge in [0.05, 0.1) is 21.1 Å². The number of benzene rings is 4. The summed E-state index contributed by atoms with van der Waals surface area (Å²) in [5.74, 6) is -1.41. The van der Waals surface area contributed by atoms with Crippen LogP contribution in [-0.2, 0) is 4.74 Å². The number of hydrogen-bond acceptors (Lipinski definition) is 7. The number of carbonyl (C=O) groups is 1. The number of hydrogen-bond donors (Lipinski definition) is 1. The van der Waals surface area contributed by atoms with Crippen LogP contribution >= 0.6 is 0 Å². The smallest absolute Gasteiger partial charge is 0.338 e. The van der Waals surface area contributed by atoms with Gasteiger partial charge in [-0.2, -0.15) is 0 Å². The molecule has 3 atom stereocenters. The van der Waals surface area contributed by atoms with Gasteiger partial charge in [-0.05, 0) is 34.9 Å². The van der Waals surface area contributed by atoms with E-state index in [1.807, 2.05) is 67.6 Å². The molecule has 4 aromatic rings. The summed E-state index contributed by atoms with van der Waals surface area (Å²) >= 11 is 0. The monoisotopic (exact) mass is 598 g/mol. The van der Waals surface area contributed by atoms with Gasteiger partial charge in [-0.15, -0.1) is 0 Å². The average Bonchev–Trinajstić information content (AvgIpc) is 3.00. The van der Waals surface area contributed by atoms with E-state index in [0.717, 1.165) is 10.4 Å². The fraction of sp³-hybridized carbons (Fsp3) is 0.242. The van der Waals surface area contributed by atoms with E-state index in [1.165, 1.54) is 48.5 Å². The Morgan fingerprint density at radius 3 is 1.56 bits per heavy atom. The quantitative estimate of drug-likeness (QED) is 0.102. The second-order valence-corrected chi connectivity index (χ2v) is 16.4. The molecule has 222 valence electrons. The van der Waals surface area contributed by atoms with E-state index in [9.17, 15) is 30.1 Å². The van der Waals surface area contributed by atoms with Crippen molar-refractivity contribution in [2.45, 2.75) is 44.6 Å². The maximum absolute atomic E-state index is 13.4. The first-order chi connectivity index (χ1) is 20.4. The van der Waals surface area contributed by atoms with E-state index >= 15 is 0 Å². The van der Waals surface area contributed by atoms with Gasteiger partial charge in [-0.3, -0.25) is 20.2 Å². The molecule has 4 aromatic carbocycles. The highest BCUT2D eigenvalue weighted by Crippen LogP contribution is 2.43. The van der Waals surface area contributed by atoms with Crippen LogP contribution in [0.25, 0.3) is 0 Å². The molecule has 9 nitrogen and oxygen atoms in total. The van der Waals surface area contributed by atoms with Crippen molar-refractivity contribution < 1.29 is 24.5 Å². The fourth-order valence-electron chi connectivity index (χ4n) is 5.95. The summed E-state index contributed by atoms with van der Waals surface area (Å²) < 4.78 is 6.07. The van der Waals surface area contributed by atoms with Gasteiger partial charge >= 0.3 is 5.97 Å². The Hall–Kier alpha value is -4.67. The molecule has 0 heterocycles. The van der Waals surface area contributed by atoms with Crippen LogP contribution in [0, 0.1) is 26.1 Å². The summed E-state index contributed by atoms with van der Waals surface area (Å²) in [5.41, 5.74) is -0.694. The van der Waals surface area contributed by atoms with E-state index in [-0.39, 0.29) is 16.9 Å². The minimum atomic E-state index is -3.11. The van der Waals surface area contributed by atoms with Crippen molar-refractivity contribution in [2.75, 3.05) is 0 Å². The zero-order valence-electron chi connectivity index (χ0n) is 24.4. The first kappa shape index (κ1) is 31.3. The van der Waals surface area contributed by atoms with E-state index < -0.39 is 46.7 Å². The van der Waals surface area contributed by atoms with E-state index in [4.69, 9.17) is 4.74 Å². The molecular formula is C33H34N2O7Si. The molecule has 4 rings (SSSR count). The van der Waals surface area contributed by atoms with Crippen LogP contribution < -0.4 is 10.4 Å². The first-order valence-corrected chi connectivity index (χ1v) is 15.9. The molecule has 0 unspecified atom stereocenters. The number of rotatable bonds is 10. The molecule has 1 N–H and O–H groups in total. The predicted octanol–water partition coefficient (Wildman–Crippen LogP) is 6.00. The minimum absolute atomic E-state index is 0.102. The second kappa shape index (κ2) is 12.7. The molecule has 0 aromatic heterocycles. The summed E-state index contributed by atoms with van der Waals surface area (Å²) in [6.07, 6.45) is -1.000. The summed E-state index contributed by atoms with van der Waals surface area (Å²) in [5, 5.41) is 36.7. The van der Waals surface area contributed by atoms with Gasteiger partial charge in [0, 0.05) is 30.2 Å². The Balaban J connectivity index is 1.85. The third-order valence-corrected chi connectivity index (χ3v) is 14.3. The zero-order valence-corrected chi connectivity index (χ0v) is 25.4. The van der Waals surface area contributed by atoms with E-state index in [2.05, 4.69) is 20.8 Å². The first-order valence-electron chi connectivity index (χ1n) is 13.9. The third kappa shape index (κ3) is 6.25. The Kier molecular flexibility index (Phi) is 9.22. The number of non-ortho nitro benzene ring substituents is 2.